The van der Waals surface area contributed by atoms with Crippen LogP contribution >= 0.6 is 0 Å². The normalized spacial score (nSPS) is 18.1. The lowest BCUT2D eigenvalue weighted by Gasteiger charge is -2.36. The molecule has 8 nitrogen and oxygen atoms in total. The molecule has 0 amide bonds. The Morgan fingerprint density at radius 2 is 2.20 bits per heavy atom. The smallest absolute Gasteiger partial charge is 0.226 e. The predicted octanol–water partition coefficient (Wildman–Crippen LogP) is 0.348. The number of aliphatic hydroxyl groups excluding tert-OH is 1. The first-order chi connectivity index (χ1) is 9.76. The molecule has 1 aliphatic rings. The van der Waals surface area contributed by atoms with Crippen LogP contribution in [0.3, 0.4) is 0 Å². The number of nitrogens with zero attached hydrogens (tertiary/aromatic N) is 3. The molecule has 8 heteroatoms. The van der Waals surface area contributed by atoms with Gasteiger partial charge in [-0.15, -0.1) is 0 Å². The van der Waals surface area contributed by atoms with E-state index in [0.717, 1.165) is 18.4 Å². The third-order valence-corrected chi connectivity index (χ3v) is 3.65. The zero-order valence-electron chi connectivity index (χ0n) is 11.3. The Bertz CT molecular complexity index is 593. The van der Waals surface area contributed by atoms with Crippen LogP contribution in [0.4, 0.5) is 11.8 Å². The summed E-state index contributed by atoms with van der Waals surface area (Å²) in [4.78, 5) is 15.9. The van der Waals surface area contributed by atoms with E-state index < -0.39 is 5.54 Å². The maximum atomic E-state index is 9.75. The summed E-state index contributed by atoms with van der Waals surface area (Å²) in [6.07, 6.45) is 3.05. The van der Waals surface area contributed by atoms with Gasteiger partial charge in [-0.2, -0.15) is 9.97 Å². The molecule has 1 aliphatic heterocycles. The molecular formula is C12H18N6O2. The number of H-pyrrole nitrogens is 1. The number of ether oxygens (including phenoxy) is 1. The number of aromatic nitrogens is 4. The van der Waals surface area contributed by atoms with Gasteiger partial charge in [0.05, 0.1) is 18.5 Å². The highest BCUT2D eigenvalue weighted by Crippen LogP contribution is 2.28. The Balaban J connectivity index is 1.98. The predicted molar refractivity (Wildman–Crippen MR) is 74.7 cm³/mol. The van der Waals surface area contributed by atoms with Gasteiger partial charge in [0, 0.05) is 20.3 Å². The first-order valence-corrected chi connectivity index (χ1v) is 6.62. The van der Waals surface area contributed by atoms with Crippen LogP contribution in [0.1, 0.15) is 12.8 Å². The maximum Gasteiger partial charge on any atom is 0.226 e. The lowest BCUT2D eigenvalue weighted by molar-refractivity contribution is 0.0379. The standard InChI is InChI=1S/C12H18N6O2/c1-13-11-16-9-8(14-7-15-9)10(17-11)18-12(6-19)2-4-20-5-3-12/h7,19H,2-6H2,1H3,(H3,13,14,15,16,17,18). The minimum absolute atomic E-state index is 0.0326. The van der Waals surface area contributed by atoms with Crippen molar-refractivity contribution in [2.45, 2.75) is 18.4 Å². The number of hydrogen-bond donors (Lipinski definition) is 4. The van der Waals surface area contributed by atoms with E-state index in [1.54, 1.807) is 13.4 Å². The summed E-state index contributed by atoms with van der Waals surface area (Å²) in [5.74, 6) is 1.14. The Morgan fingerprint density at radius 3 is 2.90 bits per heavy atom. The maximum absolute atomic E-state index is 9.75. The van der Waals surface area contributed by atoms with Gasteiger partial charge in [-0.25, -0.2) is 4.98 Å². The monoisotopic (exact) mass is 278 g/mol. The van der Waals surface area contributed by atoms with Crippen molar-refractivity contribution in [3.63, 3.8) is 0 Å². The topological polar surface area (TPSA) is 108 Å². The highest BCUT2D eigenvalue weighted by Gasteiger charge is 2.33. The highest BCUT2D eigenvalue weighted by molar-refractivity contribution is 5.84. The number of rotatable bonds is 4. The Labute approximate surface area is 116 Å². The summed E-state index contributed by atoms with van der Waals surface area (Å²) in [5.41, 5.74) is 0.922. The minimum atomic E-state index is -0.407. The van der Waals surface area contributed by atoms with Crippen molar-refractivity contribution >= 4 is 22.9 Å². The van der Waals surface area contributed by atoms with E-state index in [1.807, 2.05) is 0 Å². The second-order valence-electron chi connectivity index (χ2n) is 4.92. The van der Waals surface area contributed by atoms with Crippen LogP contribution in [0.15, 0.2) is 6.33 Å². The largest absolute Gasteiger partial charge is 0.394 e. The van der Waals surface area contributed by atoms with Gasteiger partial charge in [0.25, 0.3) is 0 Å². The SMILES string of the molecule is CNc1nc(NC2(CO)CCOCC2)c2[nH]cnc2n1. The van der Waals surface area contributed by atoms with Gasteiger partial charge in [0.1, 0.15) is 5.52 Å². The number of imidazole rings is 1. The molecule has 0 aromatic carbocycles. The number of nitrogens with one attached hydrogen (secondary N) is 3. The van der Waals surface area contributed by atoms with Crippen molar-refractivity contribution in [1.29, 1.82) is 0 Å². The molecule has 0 unspecified atom stereocenters. The quantitative estimate of drug-likeness (QED) is 0.639. The summed E-state index contributed by atoms with van der Waals surface area (Å²) in [5, 5.41) is 16.0. The summed E-state index contributed by atoms with van der Waals surface area (Å²) >= 11 is 0. The van der Waals surface area contributed by atoms with Crippen molar-refractivity contribution in [1.82, 2.24) is 19.9 Å². The van der Waals surface area contributed by atoms with Gasteiger partial charge in [-0.05, 0) is 12.8 Å². The molecule has 0 bridgehead atoms. The molecule has 1 fully saturated rings. The zero-order valence-corrected chi connectivity index (χ0v) is 11.3. The first kappa shape index (κ1) is 13.1. The van der Waals surface area contributed by atoms with Gasteiger partial charge >= 0.3 is 0 Å². The van der Waals surface area contributed by atoms with Crippen molar-refractivity contribution in [3.05, 3.63) is 6.33 Å². The van der Waals surface area contributed by atoms with Crippen LogP contribution in [0.25, 0.3) is 11.2 Å². The van der Waals surface area contributed by atoms with Crippen LogP contribution in [0.2, 0.25) is 0 Å². The number of aromatic amines is 1. The molecular weight excluding hydrogens is 260 g/mol. The molecule has 108 valence electrons. The Morgan fingerprint density at radius 1 is 1.40 bits per heavy atom. The van der Waals surface area contributed by atoms with Gasteiger partial charge in [-0.1, -0.05) is 0 Å². The molecule has 0 spiro atoms. The molecule has 4 N–H and O–H groups in total. The van der Waals surface area contributed by atoms with Crippen LogP contribution in [-0.2, 0) is 4.74 Å². The lowest BCUT2D eigenvalue weighted by atomic mass is 9.91. The van der Waals surface area contributed by atoms with Crippen LogP contribution < -0.4 is 10.6 Å². The molecule has 0 saturated carbocycles. The molecule has 2 aromatic heterocycles. The zero-order chi connectivity index (χ0) is 14.0. The fourth-order valence-corrected chi connectivity index (χ4v) is 2.37. The molecule has 3 rings (SSSR count). The van der Waals surface area contributed by atoms with Crippen LogP contribution in [-0.4, -0.2) is 57.4 Å². The highest BCUT2D eigenvalue weighted by atomic mass is 16.5. The first-order valence-electron chi connectivity index (χ1n) is 6.62. The van der Waals surface area contributed by atoms with Crippen LogP contribution in [0.5, 0.6) is 0 Å². The van der Waals surface area contributed by atoms with Crippen molar-refractivity contribution in [2.75, 3.05) is 37.5 Å². The van der Waals surface area contributed by atoms with Gasteiger partial charge in [-0.3, -0.25) is 0 Å². The second kappa shape index (κ2) is 5.22. The minimum Gasteiger partial charge on any atom is -0.394 e. The van der Waals surface area contributed by atoms with E-state index in [1.165, 1.54) is 0 Å². The van der Waals surface area contributed by atoms with Gasteiger partial charge in [0.15, 0.2) is 11.5 Å². The number of fused-ring (bicyclic) bond motifs is 1. The number of anilines is 2. The van der Waals surface area contributed by atoms with E-state index in [2.05, 4.69) is 30.6 Å². The van der Waals surface area contributed by atoms with Crippen molar-refractivity contribution < 1.29 is 9.84 Å². The average molecular weight is 278 g/mol. The molecule has 1 saturated heterocycles. The third-order valence-electron chi connectivity index (χ3n) is 3.65. The van der Waals surface area contributed by atoms with E-state index >= 15 is 0 Å². The fourth-order valence-electron chi connectivity index (χ4n) is 2.37. The van der Waals surface area contributed by atoms with E-state index in [9.17, 15) is 5.11 Å². The Kier molecular flexibility index (Phi) is 3.41. The summed E-state index contributed by atoms with van der Waals surface area (Å²) in [7, 11) is 1.76. The molecule has 2 aromatic rings. The number of hydrogen-bond acceptors (Lipinski definition) is 7. The van der Waals surface area contributed by atoms with E-state index in [4.69, 9.17) is 4.74 Å². The molecule has 3 heterocycles. The molecule has 0 atom stereocenters. The molecule has 20 heavy (non-hydrogen) atoms. The lowest BCUT2D eigenvalue weighted by Crippen LogP contribution is -2.47. The van der Waals surface area contributed by atoms with Crippen molar-refractivity contribution in [3.8, 4) is 0 Å². The molecule has 0 radical (unpaired) electrons. The third kappa shape index (κ3) is 2.27. The van der Waals surface area contributed by atoms with E-state index in [-0.39, 0.29) is 6.61 Å². The fraction of sp³-hybridized carbons (Fsp3) is 0.583. The number of aliphatic hydroxyl groups is 1. The van der Waals surface area contributed by atoms with Gasteiger partial charge < -0.3 is 25.5 Å². The summed E-state index contributed by atoms with van der Waals surface area (Å²) in [6.45, 7) is 1.29. The Hall–Kier alpha value is -1.93. The summed E-state index contributed by atoms with van der Waals surface area (Å²) < 4.78 is 5.37. The molecule has 0 aliphatic carbocycles. The van der Waals surface area contributed by atoms with E-state index in [0.29, 0.717) is 30.6 Å². The van der Waals surface area contributed by atoms with Crippen molar-refractivity contribution in [2.24, 2.45) is 0 Å². The summed E-state index contributed by atoms with van der Waals surface area (Å²) in [6, 6.07) is 0. The van der Waals surface area contributed by atoms with Crippen LogP contribution in [0, 0.1) is 0 Å². The van der Waals surface area contributed by atoms with Gasteiger partial charge in [0.2, 0.25) is 5.95 Å². The average Bonchev–Trinajstić information content (AvgIpc) is 2.96. The second-order valence-corrected chi connectivity index (χ2v) is 4.92.